The maximum Gasteiger partial charge on any atom is 0.313 e. The van der Waals surface area contributed by atoms with Gasteiger partial charge in [-0.25, -0.2) is 0 Å². The van der Waals surface area contributed by atoms with E-state index >= 15 is 4.79 Å². The second-order valence-corrected chi connectivity index (χ2v) is 16.2. The first-order chi connectivity index (χ1) is 22.0. The van der Waals surface area contributed by atoms with Crippen molar-refractivity contribution in [2.75, 3.05) is 13.2 Å². The number of esters is 1. The number of cyclic esters (lactones) is 1. The normalized spacial score (nSPS) is 33.3. The number of benzene rings is 1. The summed E-state index contributed by atoms with van der Waals surface area (Å²) in [6.07, 6.45) is 5.20. The Bertz CT molecular complexity index is 1450. The summed E-state index contributed by atoms with van der Waals surface area (Å²) in [5, 5.41) is 13.3. The molecule has 11 heteroatoms. The van der Waals surface area contributed by atoms with Crippen molar-refractivity contribution in [3.63, 3.8) is 0 Å². The van der Waals surface area contributed by atoms with E-state index in [4.69, 9.17) is 9.47 Å². The Morgan fingerprint density at radius 1 is 1.04 bits per heavy atom. The Morgan fingerprint density at radius 2 is 1.72 bits per heavy atom. The molecule has 0 saturated carbocycles. The first-order valence-electron chi connectivity index (χ1n) is 16.5. The summed E-state index contributed by atoms with van der Waals surface area (Å²) >= 11 is 3.60. The van der Waals surface area contributed by atoms with E-state index in [9.17, 15) is 19.5 Å². The van der Waals surface area contributed by atoms with Gasteiger partial charge >= 0.3 is 5.97 Å². The van der Waals surface area contributed by atoms with Crippen LogP contribution in [0.15, 0.2) is 53.0 Å². The number of carbonyl (C=O) groups is 4. The lowest BCUT2D eigenvalue weighted by Crippen LogP contribution is -2.62. The molecule has 3 amide bonds. The average molecular weight is 715 g/mol. The first kappa shape index (κ1) is 35.3. The average Bonchev–Trinajstić information content (AvgIpc) is 3.58. The summed E-state index contributed by atoms with van der Waals surface area (Å²) < 4.78 is 13.4. The van der Waals surface area contributed by atoms with E-state index in [-0.39, 0.29) is 36.8 Å². The molecule has 4 aliphatic heterocycles. The fourth-order valence-corrected chi connectivity index (χ4v) is 8.90. The van der Waals surface area contributed by atoms with Crippen molar-refractivity contribution < 1.29 is 33.8 Å². The van der Waals surface area contributed by atoms with E-state index in [2.05, 4.69) is 42.0 Å². The number of rotatable bonds is 5. The predicted octanol–water partition coefficient (Wildman–Crippen LogP) is 4.42. The quantitative estimate of drug-likeness (QED) is 0.342. The molecule has 0 aliphatic carbocycles. The molecule has 2 fully saturated rings. The number of ether oxygens (including phenoxy) is 2. The minimum Gasteiger partial charge on any atom is -0.455 e. The summed E-state index contributed by atoms with van der Waals surface area (Å²) in [6, 6.07) is 6.75. The number of likely N-dealkylation sites (tertiary alicyclic amines) is 1. The number of fused-ring (bicyclic) bond motifs is 2. The van der Waals surface area contributed by atoms with Crippen LogP contribution in [0.4, 0.5) is 0 Å². The van der Waals surface area contributed by atoms with Crippen LogP contribution in [0, 0.1) is 17.3 Å². The summed E-state index contributed by atoms with van der Waals surface area (Å²) in [4.78, 5) is 60.1. The van der Waals surface area contributed by atoms with Crippen molar-refractivity contribution in [2.45, 2.75) is 109 Å². The Kier molecular flexibility index (Phi) is 9.85. The van der Waals surface area contributed by atoms with Gasteiger partial charge in [0.25, 0.3) is 0 Å². The van der Waals surface area contributed by atoms with Gasteiger partial charge in [-0.05, 0) is 57.6 Å². The maximum absolute atomic E-state index is 15.1. The van der Waals surface area contributed by atoms with Gasteiger partial charge in [-0.2, -0.15) is 0 Å². The third-order valence-electron chi connectivity index (χ3n) is 9.78. The highest BCUT2D eigenvalue weighted by Crippen LogP contribution is 2.59. The van der Waals surface area contributed by atoms with Crippen LogP contribution >= 0.6 is 15.9 Å². The Morgan fingerprint density at radius 3 is 2.36 bits per heavy atom. The van der Waals surface area contributed by atoms with Gasteiger partial charge < -0.3 is 29.7 Å². The molecule has 1 spiro atoms. The number of aliphatic hydroxyl groups excluding tert-OH is 1. The minimum atomic E-state index is -1.46. The third-order valence-corrected chi connectivity index (χ3v) is 10.5. The number of halogens is 1. The van der Waals surface area contributed by atoms with Crippen LogP contribution in [0.5, 0.6) is 0 Å². The molecular formula is C36H48BrN3O7. The molecule has 5 rings (SSSR count). The topological polar surface area (TPSA) is 125 Å². The van der Waals surface area contributed by atoms with Crippen LogP contribution < -0.4 is 5.32 Å². The Hall–Kier alpha value is -3.02. The molecule has 0 unspecified atom stereocenters. The third kappa shape index (κ3) is 6.55. The standard InChI is InChI=1S/C36H48BrN3O7/c1-21(19-41)40-30-32(44)39(35(6,7)20-34(3,4)5)17-13-9-12-16-25(42)38-22(2)28(23-14-10-8-11-15-23)46-33(45)26-27(31(40)43)36(30)18-24(37)29(26)47-36/h8-11,13-15,18,21-22,26-30,41H,12,16-17,19-20H2,1-7H3,(H,38,42)/b13-9-/t21-,22+,26-,27+,28-,29-,30-,36+/m1/s1. The van der Waals surface area contributed by atoms with E-state index in [1.54, 1.807) is 24.8 Å². The van der Waals surface area contributed by atoms with E-state index in [0.29, 0.717) is 22.9 Å². The Labute approximate surface area is 286 Å². The zero-order valence-electron chi connectivity index (χ0n) is 28.4. The number of hydrogen-bond donors (Lipinski definition) is 2. The van der Waals surface area contributed by atoms with Gasteiger partial charge in [0.1, 0.15) is 29.8 Å². The fraction of sp³-hybridized carbons (Fsp3) is 0.611. The molecule has 47 heavy (non-hydrogen) atoms. The number of amides is 3. The fourth-order valence-electron chi connectivity index (χ4n) is 8.16. The van der Waals surface area contributed by atoms with Gasteiger partial charge in [0.2, 0.25) is 17.7 Å². The minimum absolute atomic E-state index is 0.129. The molecule has 2 saturated heterocycles. The molecule has 5 bridgehead atoms. The zero-order chi connectivity index (χ0) is 34.5. The lowest BCUT2D eigenvalue weighted by molar-refractivity contribution is -0.162. The van der Waals surface area contributed by atoms with Crippen LogP contribution in [-0.2, 0) is 28.7 Å². The van der Waals surface area contributed by atoms with Crippen molar-refractivity contribution in [3.05, 3.63) is 58.6 Å². The highest BCUT2D eigenvalue weighted by atomic mass is 79.9. The summed E-state index contributed by atoms with van der Waals surface area (Å²) in [6.45, 7) is 13.7. The monoisotopic (exact) mass is 713 g/mol. The molecule has 0 aromatic heterocycles. The number of aliphatic hydroxyl groups is 1. The van der Waals surface area contributed by atoms with E-state index in [1.807, 2.05) is 56.3 Å². The van der Waals surface area contributed by atoms with Gasteiger partial charge in [0.15, 0.2) is 0 Å². The first-order valence-corrected chi connectivity index (χ1v) is 17.3. The molecule has 256 valence electrons. The molecule has 1 aromatic carbocycles. The lowest BCUT2D eigenvalue weighted by atomic mass is 9.74. The molecule has 10 nitrogen and oxygen atoms in total. The number of nitrogens with one attached hydrogen (secondary N) is 1. The van der Waals surface area contributed by atoms with Gasteiger partial charge in [-0.15, -0.1) is 0 Å². The molecule has 4 aliphatic rings. The smallest absolute Gasteiger partial charge is 0.313 e. The second kappa shape index (κ2) is 13.1. The zero-order valence-corrected chi connectivity index (χ0v) is 30.0. The van der Waals surface area contributed by atoms with Crippen LogP contribution in [-0.4, -0.2) is 87.1 Å². The van der Waals surface area contributed by atoms with Gasteiger partial charge in [0.05, 0.1) is 24.6 Å². The van der Waals surface area contributed by atoms with Crippen LogP contribution in [0.25, 0.3) is 0 Å². The van der Waals surface area contributed by atoms with E-state index < -0.39 is 65.2 Å². The predicted molar refractivity (Wildman–Crippen MR) is 180 cm³/mol. The van der Waals surface area contributed by atoms with Crippen molar-refractivity contribution in [1.29, 1.82) is 0 Å². The van der Waals surface area contributed by atoms with Gasteiger partial charge in [0, 0.05) is 23.0 Å². The second-order valence-electron chi connectivity index (χ2n) is 15.2. The highest BCUT2D eigenvalue weighted by Gasteiger charge is 2.75. The lowest BCUT2D eigenvalue weighted by Gasteiger charge is -2.46. The summed E-state index contributed by atoms with van der Waals surface area (Å²) in [5.41, 5.74) is -1.55. The molecule has 8 atom stereocenters. The van der Waals surface area contributed by atoms with Crippen molar-refractivity contribution >= 4 is 39.6 Å². The van der Waals surface area contributed by atoms with E-state index in [0.717, 1.165) is 0 Å². The molecule has 0 radical (unpaired) electrons. The van der Waals surface area contributed by atoms with Crippen LogP contribution in [0.2, 0.25) is 0 Å². The summed E-state index contributed by atoms with van der Waals surface area (Å²) in [5.74, 6) is -3.73. The van der Waals surface area contributed by atoms with Gasteiger partial charge in [-0.1, -0.05) is 79.2 Å². The number of nitrogens with zero attached hydrogens (tertiary/aromatic N) is 2. The number of allylic oxidation sites excluding steroid dienone is 1. The molecule has 2 N–H and O–H groups in total. The van der Waals surface area contributed by atoms with Crippen LogP contribution in [0.3, 0.4) is 0 Å². The van der Waals surface area contributed by atoms with Crippen molar-refractivity contribution in [3.8, 4) is 0 Å². The molecule has 1 aromatic rings. The number of carbonyl (C=O) groups excluding carboxylic acids is 4. The molecule has 4 heterocycles. The van der Waals surface area contributed by atoms with Crippen LogP contribution in [0.1, 0.15) is 79.4 Å². The number of hydrogen-bond acceptors (Lipinski definition) is 7. The van der Waals surface area contributed by atoms with Crippen molar-refractivity contribution in [1.82, 2.24) is 15.1 Å². The van der Waals surface area contributed by atoms with E-state index in [1.165, 1.54) is 4.90 Å². The Balaban J connectivity index is 1.65. The largest absolute Gasteiger partial charge is 0.455 e. The highest BCUT2D eigenvalue weighted by molar-refractivity contribution is 9.11. The van der Waals surface area contributed by atoms with Gasteiger partial charge in [-0.3, -0.25) is 19.2 Å². The summed E-state index contributed by atoms with van der Waals surface area (Å²) in [7, 11) is 0. The van der Waals surface area contributed by atoms with Crippen molar-refractivity contribution in [2.24, 2.45) is 17.3 Å². The molecular weight excluding hydrogens is 666 g/mol. The SMILES string of the molecule is C[C@@H]1NC(=O)CC/C=C\CN(C(C)(C)CC(C)(C)C)C(=O)[C@H]2N([C@H](C)CO)C(=O)[C@@H]3[C@@H](C(=O)O[C@H]1c1ccccc1)[C@@H]1O[C@@]32C=C1Br. The maximum atomic E-state index is 15.1.